The summed E-state index contributed by atoms with van der Waals surface area (Å²) in [7, 11) is 0. The molecule has 0 aliphatic carbocycles. The highest BCUT2D eigenvalue weighted by Gasteiger charge is 2.18. The number of carbonyl (C=O) groups excluding carboxylic acids is 1. The van der Waals surface area contributed by atoms with Gasteiger partial charge in [0.15, 0.2) is 0 Å². The van der Waals surface area contributed by atoms with Crippen LogP contribution in [-0.2, 0) is 13.0 Å². The maximum atomic E-state index is 13.2. The number of aryl methyl sites for hydroxylation is 1. The van der Waals surface area contributed by atoms with Gasteiger partial charge >= 0.3 is 0 Å². The molecule has 2 unspecified atom stereocenters. The Morgan fingerprint density at radius 3 is 2.24 bits per heavy atom. The quantitative estimate of drug-likeness (QED) is 0.105. The van der Waals surface area contributed by atoms with E-state index in [1.54, 1.807) is 6.07 Å². The molecule has 5 aromatic rings. The van der Waals surface area contributed by atoms with Crippen molar-refractivity contribution in [1.29, 1.82) is 0 Å². The van der Waals surface area contributed by atoms with Gasteiger partial charge in [0.1, 0.15) is 11.5 Å². The van der Waals surface area contributed by atoms with E-state index in [-0.39, 0.29) is 17.4 Å². The minimum atomic E-state index is -0.307. The summed E-state index contributed by atoms with van der Waals surface area (Å²) in [4.78, 5) is 15.9. The number of phenolic OH excluding ortho intramolecular Hbond substituents is 2. The number of hydrogen-bond acceptors (Lipinski definition) is 4. The lowest BCUT2D eigenvalue weighted by molar-refractivity contribution is 0.102. The predicted molar refractivity (Wildman–Crippen MR) is 204 cm³/mol. The van der Waals surface area contributed by atoms with E-state index in [0.29, 0.717) is 34.7 Å². The zero-order valence-electron chi connectivity index (χ0n) is 30.1. The second-order valence-corrected chi connectivity index (χ2v) is 14.0. The molecular weight excluding hydrogens is 606 g/mol. The highest BCUT2D eigenvalue weighted by Crippen LogP contribution is 2.39. The number of aromatic hydroxyl groups is 2. The van der Waals surface area contributed by atoms with Crippen LogP contribution in [0.25, 0.3) is 22.0 Å². The van der Waals surface area contributed by atoms with Crippen LogP contribution in [0.3, 0.4) is 0 Å². The first kappa shape index (κ1) is 35.7. The van der Waals surface area contributed by atoms with Gasteiger partial charge in [0.25, 0.3) is 5.91 Å². The smallest absolute Gasteiger partial charge is 0.255 e. The van der Waals surface area contributed by atoms with Crippen molar-refractivity contribution in [3.05, 3.63) is 113 Å². The fraction of sp³-hybridized carbons (Fsp3) is 0.372. The van der Waals surface area contributed by atoms with Crippen LogP contribution in [0, 0.1) is 25.7 Å². The molecule has 5 rings (SSSR count). The van der Waals surface area contributed by atoms with Gasteiger partial charge < -0.3 is 25.0 Å². The van der Waals surface area contributed by atoms with Gasteiger partial charge in [-0.05, 0) is 105 Å². The molecule has 0 saturated carbocycles. The van der Waals surface area contributed by atoms with Crippen LogP contribution in [0.1, 0.15) is 79.7 Å². The van der Waals surface area contributed by atoms with E-state index in [9.17, 15) is 15.0 Å². The minimum absolute atomic E-state index is 0.102. The molecule has 0 saturated heterocycles. The maximum Gasteiger partial charge on any atom is 0.255 e. The number of phenols is 2. The highest BCUT2D eigenvalue weighted by atomic mass is 16.3. The first-order valence-electron chi connectivity index (χ1n) is 17.9. The van der Waals surface area contributed by atoms with E-state index in [4.69, 9.17) is 0 Å². The van der Waals surface area contributed by atoms with E-state index in [1.165, 1.54) is 65.7 Å². The van der Waals surface area contributed by atoms with E-state index in [1.807, 2.05) is 48.5 Å². The molecule has 0 bridgehead atoms. The molecular formula is C43H53N3O3. The number of hydrogen-bond donors (Lipinski definition) is 3. The number of rotatable bonds is 15. The first-order valence-corrected chi connectivity index (χ1v) is 17.9. The summed E-state index contributed by atoms with van der Waals surface area (Å²) in [5.74, 6) is 0.806. The molecule has 0 radical (unpaired) electrons. The monoisotopic (exact) mass is 659 g/mol. The van der Waals surface area contributed by atoms with Crippen molar-refractivity contribution < 1.29 is 15.0 Å². The number of fused-ring (bicyclic) bond motifs is 1. The van der Waals surface area contributed by atoms with Gasteiger partial charge in [-0.15, -0.1) is 0 Å². The Labute approximate surface area is 292 Å². The highest BCUT2D eigenvalue weighted by molar-refractivity contribution is 6.05. The van der Waals surface area contributed by atoms with E-state index < -0.39 is 0 Å². The van der Waals surface area contributed by atoms with Gasteiger partial charge in [-0.25, -0.2) is 0 Å². The summed E-state index contributed by atoms with van der Waals surface area (Å²) in [5, 5.41) is 25.4. The zero-order valence-corrected chi connectivity index (χ0v) is 30.1. The average molecular weight is 660 g/mol. The third-order valence-electron chi connectivity index (χ3n) is 9.96. The molecule has 4 aromatic carbocycles. The summed E-state index contributed by atoms with van der Waals surface area (Å²) in [6.45, 7) is 18.2. The van der Waals surface area contributed by atoms with Crippen LogP contribution >= 0.6 is 0 Å². The van der Waals surface area contributed by atoms with Crippen LogP contribution < -0.4 is 5.32 Å². The van der Waals surface area contributed by atoms with Crippen molar-refractivity contribution in [3.8, 4) is 22.6 Å². The van der Waals surface area contributed by atoms with Gasteiger partial charge in [-0.2, -0.15) is 0 Å². The Hall–Kier alpha value is -4.55. The van der Waals surface area contributed by atoms with Crippen molar-refractivity contribution in [1.82, 2.24) is 9.47 Å². The average Bonchev–Trinajstić information content (AvgIpc) is 3.31. The Bertz CT molecular complexity index is 1850. The van der Waals surface area contributed by atoms with E-state index in [2.05, 4.69) is 74.5 Å². The SMILES string of the molecule is CCCN(CCC(C)CC)CC(C)Cn1c(C)c(C)c2cc(Cc3cccc(C(=O)Nc4cc(O)c(-c5ccccc5)c(O)c4)c3)ccc21. The number of benzene rings is 4. The number of amides is 1. The molecule has 1 heterocycles. The molecule has 258 valence electrons. The van der Waals surface area contributed by atoms with Gasteiger partial charge in [0.2, 0.25) is 0 Å². The largest absolute Gasteiger partial charge is 0.507 e. The fourth-order valence-electron chi connectivity index (χ4n) is 6.92. The van der Waals surface area contributed by atoms with Crippen molar-refractivity contribution in [3.63, 3.8) is 0 Å². The molecule has 2 atom stereocenters. The predicted octanol–water partition coefficient (Wildman–Crippen LogP) is 9.96. The van der Waals surface area contributed by atoms with Crippen LogP contribution in [0.5, 0.6) is 11.5 Å². The standard InChI is InChI=1S/C43H53N3O3/c1-7-20-45(21-19-29(3)8-2)27-30(4)28-46-32(6)31(5)38-24-34(17-18-39(38)46)22-33-13-12-16-36(23-33)43(49)44-37-25-40(47)42(41(48)26-37)35-14-10-9-11-15-35/h9-18,23-26,29-30,47-48H,7-8,19-22,27-28H2,1-6H3,(H,44,49). The van der Waals surface area contributed by atoms with Crippen LogP contribution in [0.15, 0.2) is 84.9 Å². The van der Waals surface area contributed by atoms with Gasteiger partial charge in [-0.1, -0.05) is 82.6 Å². The minimum Gasteiger partial charge on any atom is -0.507 e. The maximum absolute atomic E-state index is 13.2. The first-order chi connectivity index (χ1) is 23.6. The molecule has 0 spiro atoms. The lowest BCUT2D eigenvalue weighted by Crippen LogP contribution is -2.32. The van der Waals surface area contributed by atoms with E-state index in [0.717, 1.165) is 31.1 Å². The molecule has 1 amide bonds. The van der Waals surface area contributed by atoms with Crippen LogP contribution in [0.4, 0.5) is 5.69 Å². The van der Waals surface area contributed by atoms with Gasteiger partial charge in [-0.3, -0.25) is 4.79 Å². The van der Waals surface area contributed by atoms with Crippen molar-refractivity contribution in [2.75, 3.05) is 25.0 Å². The lowest BCUT2D eigenvalue weighted by Gasteiger charge is -2.27. The molecule has 0 fully saturated rings. The third-order valence-corrected chi connectivity index (χ3v) is 9.96. The third kappa shape index (κ3) is 8.73. The summed E-state index contributed by atoms with van der Waals surface area (Å²) in [6.07, 6.45) is 4.40. The van der Waals surface area contributed by atoms with Crippen LogP contribution in [-0.4, -0.2) is 45.2 Å². The number of nitrogens with one attached hydrogen (secondary N) is 1. The van der Waals surface area contributed by atoms with Crippen LogP contribution in [0.2, 0.25) is 0 Å². The topological polar surface area (TPSA) is 77.7 Å². The van der Waals surface area contributed by atoms with Crippen molar-refractivity contribution in [2.24, 2.45) is 11.8 Å². The Balaban J connectivity index is 1.27. The number of carbonyl (C=O) groups is 1. The summed E-state index contributed by atoms with van der Waals surface area (Å²) < 4.78 is 2.50. The molecule has 6 nitrogen and oxygen atoms in total. The summed E-state index contributed by atoms with van der Waals surface area (Å²) >= 11 is 0. The van der Waals surface area contributed by atoms with Gasteiger partial charge in [0, 0.05) is 53.1 Å². The molecule has 1 aromatic heterocycles. The normalized spacial score (nSPS) is 12.8. The number of nitrogens with zero attached hydrogens (tertiary/aromatic N) is 2. The van der Waals surface area contributed by atoms with Crippen molar-refractivity contribution in [2.45, 2.75) is 73.8 Å². The summed E-state index contributed by atoms with van der Waals surface area (Å²) in [5.41, 5.74) is 8.03. The molecule has 0 aliphatic rings. The molecule has 0 aliphatic heterocycles. The second-order valence-electron chi connectivity index (χ2n) is 14.0. The molecule has 3 N–H and O–H groups in total. The number of aromatic nitrogens is 1. The summed E-state index contributed by atoms with van der Waals surface area (Å²) in [6, 6.07) is 26.5. The lowest BCUT2D eigenvalue weighted by atomic mass is 10.0. The van der Waals surface area contributed by atoms with Crippen molar-refractivity contribution >= 4 is 22.5 Å². The Morgan fingerprint density at radius 1 is 0.837 bits per heavy atom. The zero-order chi connectivity index (χ0) is 35.1. The second kappa shape index (κ2) is 16.2. The molecule has 49 heavy (non-hydrogen) atoms. The molecule has 6 heteroatoms. The van der Waals surface area contributed by atoms with Gasteiger partial charge in [0.05, 0.1) is 5.56 Å². The Kier molecular flexibility index (Phi) is 11.8. The number of anilines is 1. The van der Waals surface area contributed by atoms with E-state index >= 15 is 0 Å². The Morgan fingerprint density at radius 2 is 1.55 bits per heavy atom. The fourth-order valence-corrected chi connectivity index (χ4v) is 6.92.